The Morgan fingerprint density at radius 2 is 2.05 bits per heavy atom. The van der Waals surface area contributed by atoms with Crippen LogP contribution in [0.2, 0.25) is 5.15 Å². The Morgan fingerprint density at radius 3 is 2.58 bits per heavy atom. The summed E-state index contributed by atoms with van der Waals surface area (Å²) in [6.45, 7) is 6.14. The van der Waals surface area contributed by atoms with Gasteiger partial charge < -0.3 is 4.57 Å². The molecule has 0 bridgehead atoms. The summed E-state index contributed by atoms with van der Waals surface area (Å²) in [5.74, 6) is 2.26. The quantitative estimate of drug-likeness (QED) is 0.800. The highest BCUT2D eigenvalue weighted by Gasteiger charge is 2.14. The van der Waals surface area contributed by atoms with Gasteiger partial charge in [0.2, 0.25) is 0 Å². The molecule has 2 aromatic heterocycles. The van der Waals surface area contributed by atoms with E-state index < -0.39 is 0 Å². The summed E-state index contributed by atoms with van der Waals surface area (Å²) in [5.41, 5.74) is -0.177. The fraction of sp³-hybridized carbons (Fsp3) is 0.500. The fourth-order valence-electron chi connectivity index (χ4n) is 1.82. The molecule has 0 amide bonds. The second kappa shape index (κ2) is 5.13. The van der Waals surface area contributed by atoms with Crippen LogP contribution >= 0.6 is 11.6 Å². The average Bonchev–Trinajstić information content (AvgIpc) is 2.63. The molecule has 0 aliphatic heterocycles. The van der Waals surface area contributed by atoms with Crippen LogP contribution in [0.1, 0.15) is 37.2 Å². The molecule has 0 N–H and O–H groups in total. The van der Waals surface area contributed by atoms with Crippen LogP contribution in [0.25, 0.3) is 0 Å². The van der Waals surface area contributed by atoms with E-state index in [4.69, 9.17) is 11.6 Å². The third-order valence-corrected chi connectivity index (χ3v) is 3.20. The molecule has 102 valence electrons. The van der Waals surface area contributed by atoms with Gasteiger partial charge in [-0.15, -0.1) is 10.2 Å². The van der Waals surface area contributed by atoms with Gasteiger partial charge in [0.25, 0.3) is 5.56 Å². The average molecular weight is 282 g/mol. The molecule has 0 unspecified atom stereocenters. The third-order valence-electron chi connectivity index (χ3n) is 3.01. The summed E-state index contributed by atoms with van der Waals surface area (Å²) in [4.78, 5) is 16.3. The Hall–Kier alpha value is -1.69. The second-order valence-electron chi connectivity index (χ2n) is 4.74. The number of nitrogens with zero attached hydrogens (tertiary/aromatic N) is 5. The predicted molar refractivity (Wildman–Crippen MR) is 72.4 cm³/mol. The standard InChI is InChI=1S/C12H16ClN5O/c1-7(2)12-14-9(13)5-11(19)18(12)6-10-16-15-8(3)17(10)4/h5,7H,6H2,1-4H3. The van der Waals surface area contributed by atoms with Gasteiger partial charge in [0.15, 0.2) is 5.82 Å². The van der Waals surface area contributed by atoms with Crippen LogP contribution in [0.3, 0.4) is 0 Å². The van der Waals surface area contributed by atoms with Gasteiger partial charge in [-0.2, -0.15) is 0 Å². The van der Waals surface area contributed by atoms with Crippen molar-refractivity contribution in [2.24, 2.45) is 7.05 Å². The SMILES string of the molecule is Cc1nnc(Cn2c(C(C)C)nc(Cl)cc2=O)n1C. The first-order chi connectivity index (χ1) is 8.90. The number of halogens is 1. The molecular formula is C12H16ClN5O. The summed E-state index contributed by atoms with van der Waals surface area (Å²) in [6.07, 6.45) is 0. The normalized spacial score (nSPS) is 11.3. The van der Waals surface area contributed by atoms with Crippen molar-refractivity contribution in [3.63, 3.8) is 0 Å². The topological polar surface area (TPSA) is 65.6 Å². The van der Waals surface area contributed by atoms with E-state index in [9.17, 15) is 4.79 Å². The van der Waals surface area contributed by atoms with Gasteiger partial charge in [0.1, 0.15) is 16.8 Å². The maximum absolute atomic E-state index is 12.1. The van der Waals surface area contributed by atoms with Crippen molar-refractivity contribution < 1.29 is 0 Å². The third kappa shape index (κ3) is 2.68. The number of rotatable bonds is 3. The van der Waals surface area contributed by atoms with Crippen molar-refractivity contribution in [3.8, 4) is 0 Å². The van der Waals surface area contributed by atoms with E-state index in [0.29, 0.717) is 18.2 Å². The molecule has 0 aliphatic rings. The first kappa shape index (κ1) is 13.7. The van der Waals surface area contributed by atoms with E-state index >= 15 is 0 Å². The Labute approximate surface area is 116 Å². The number of aromatic nitrogens is 5. The molecule has 0 saturated carbocycles. The van der Waals surface area contributed by atoms with Crippen molar-refractivity contribution >= 4 is 11.6 Å². The van der Waals surface area contributed by atoms with Gasteiger partial charge in [-0.05, 0) is 6.92 Å². The Kier molecular flexibility index (Phi) is 3.71. The Balaban J connectivity index is 2.50. The highest BCUT2D eigenvalue weighted by Crippen LogP contribution is 2.13. The number of hydrogen-bond acceptors (Lipinski definition) is 4. The van der Waals surface area contributed by atoms with Crippen LogP contribution < -0.4 is 5.56 Å². The maximum atomic E-state index is 12.1. The minimum Gasteiger partial charge on any atom is -0.317 e. The highest BCUT2D eigenvalue weighted by atomic mass is 35.5. The molecule has 0 atom stereocenters. The first-order valence-electron chi connectivity index (χ1n) is 6.02. The molecule has 2 heterocycles. The van der Waals surface area contributed by atoms with Crippen LogP contribution in [0.4, 0.5) is 0 Å². The highest BCUT2D eigenvalue weighted by molar-refractivity contribution is 6.29. The van der Waals surface area contributed by atoms with Crippen LogP contribution in [0.5, 0.6) is 0 Å². The summed E-state index contributed by atoms with van der Waals surface area (Å²) >= 11 is 5.85. The van der Waals surface area contributed by atoms with E-state index in [-0.39, 0.29) is 16.6 Å². The summed E-state index contributed by atoms with van der Waals surface area (Å²) < 4.78 is 3.44. The van der Waals surface area contributed by atoms with Crippen LogP contribution in [0, 0.1) is 6.92 Å². The van der Waals surface area contributed by atoms with Gasteiger partial charge in [-0.1, -0.05) is 25.4 Å². The molecule has 19 heavy (non-hydrogen) atoms. The molecule has 0 radical (unpaired) electrons. The molecule has 2 aromatic rings. The molecular weight excluding hydrogens is 266 g/mol. The predicted octanol–water partition coefficient (Wildman–Crippen LogP) is 1.51. The molecule has 0 spiro atoms. The molecule has 7 heteroatoms. The van der Waals surface area contributed by atoms with Gasteiger partial charge in [-0.25, -0.2) is 4.98 Å². The van der Waals surface area contributed by atoms with Crippen LogP contribution in [-0.2, 0) is 13.6 Å². The van der Waals surface area contributed by atoms with Crippen LogP contribution in [-0.4, -0.2) is 24.3 Å². The van der Waals surface area contributed by atoms with Gasteiger partial charge in [-0.3, -0.25) is 9.36 Å². The van der Waals surface area contributed by atoms with Crippen LogP contribution in [0.15, 0.2) is 10.9 Å². The molecule has 0 saturated heterocycles. The van der Waals surface area contributed by atoms with Crippen molar-refractivity contribution in [2.45, 2.75) is 33.2 Å². The minimum absolute atomic E-state index is 0.0979. The molecule has 0 aromatic carbocycles. The lowest BCUT2D eigenvalue weighted by Gasteiger charge is -2.14. The lowest BCUT2D eigenvalue weighted by atomic mass is 10.2. The zero-order chi connectivity index (χ0) is 14.2. The Bertz CT molecular complexity index is 659. The molecule has 0 aliphatic carbocycles. The smallest absolute Gasteiger partial charge is 0.255 e. The van der Waals surface area contributed by atoms with Crippen molar-refractivity contribution in [3.05, 3.63) is 39.0 Å². The largest absolute Gasteiger partial charge is 0.317 e. The molecule has 6 nitrogen and oxygen atoms in total. The lowest BCUT2D eigenvalue weighted by molar-refractivity contribution is 0.592. The van der Waals surface area contributed by atoms with Gasteiger partial charge in [0.05, 0.1) is 6.54 Å². The van der Waals surface area contributed by atoms with Gasteiger partial charge >= 0.3 is 0 Å². The van der Waals surface area contributed by atoms with Gasteiger partial charge in [0, 0.05) is 19.0 Å². The fourth-order valence-corrected chi connectivity index (χ4v) is 2.00. The number of aryl methyl sites for hydroxylation is 1. The van der Waals surface area contributed by atoms with Crippen molar-refractivity contribution in [2.75, 3.05) is 0 Å². The summed E-state index contributed by atoms with van der Waals surface area (Å²) in [6, 6.07) is 1.32. The zero-order valence-corrected chi connectivity index (χ0v) is 12.1. The Morgan fingerprint density at radius 1 is 1.37 bits per heavy atom. The first-order valence-corrected chi connectivity index (χ1v) is 6.40. The summed E-state index contributed by atoms with van der Waals surface area (Å²) in [7, 11) is 1.87. The summed E-state index contributed by atoms with van der Waals surface area (Å²) in [5, 5.41) is 8.27. The lowest BCUT2D eigenvalue weighted by Crippen LogP contribution is -2.27. The maximum Gasteiger partial charge on any atom is 0.255 e. The minimum atomic E-state index is -0.177. The number of hydrogen-bond donors (Lipinski definition) is 0. The molecule has 0 fully saturated rings. The van der Waals surface area contributed by atoms with E-state index in [0.717, 1.165) is 5.82 Å². The van der Waals surface area contributed by atoms with E-state index in [1.54, 1.807) is 4.57 Å². The van der Waals surface area contributed by atoms with E-state index in [1.807, 2.05) is 32.4 Å². The van der Waals surface area contributed by atoms with Crippen molar-refractivity contribution in [1.82, 2.24) is 24.3 Å². The van der Waals surface area contributed by atoms with Crippen molar-refractivity contribution in [1.29, 1.82) is 0 Å². The van der Waals surface area contributed by atoms with E-state index in [1.165, 1.54) is 6.07 Å². The molecule has 2 rings (SSSR count). The second-order valence-corrected chi connectivity index (χ2v) is 5.13. The monoisotopic (exact) mass is 281 g/mol. The zero-order valence-electron chi connectivity index (χ0n) is 11.4. The van der Waals surface area contributed by atoms with E-state index in [2.05, 4.69) is 15.2 Å².